The normalized spacial score (nSPS) is 12.6. The Morgan fingerprint density at radius 2 is 1.56 bits per heavy atom. The van der Waals surface area contributed by atoms with E-state index >= 15 is 0 Å². The van der Waals surface area contributed by atoms with Gasteiger partial charge >= 0.3 is 6.03 Å². The minimum atomic E-state index is -0.121. The van der Waals surface area contributed by atoms with Gasteiger partial charge in [-0.2, -0.15) is 0 Å². The molecule has 0 atom stereocenters. The first kappa shape index (κ1) is 30.9. The fraction of sp³-hybridized carbons (Fsp3) is 0.545. The molecular formula is C33H49N3O2S. The SMILES string of the molecule is CCCCCCCCCCCCCCOc1cccc(CN(C(=O)NC)c2ccc(CN3C=CSC3)cc2)c1. The van der Waals surface area contributed by atoms with Crippen molar-refractivity contribution in [1.82, 2.24) is 10.2 Å². The Kier molecular flexibility index (Phi) is 14.8. The van der Waals surface area contributed by atoms with Gasteiger partial charge in [-0.25, -0.2) is 4.79 Å². The molecule has 5 nitrogen and oxygen atoms in total. The third-order valence-electron chi connectivity index (χ3n) is 7.21. The number of hydrogen-bond donors (Lipinski definition) is 1. The molecule has 0 spiro atoms. The van der Waals surface area contributed by atoms with E-state index in [1.165, 1.54) is 76.2 Å². The lowest BCUT2D eigenvalue weighted by Gasteiger charge is -2.23. The second-order valence-electron chi connectivity index (χ2n) is 10.5. The highest BCUT2D eigenvalue weighted by molar-refractivity contribution is 8.02. The summed E-state index contributed by atoms with van der Waals surface area (Å²) in [5.74, 6) is 1.86. The van der Waals surface area contributed by atoms with Crippen LogP contribution in [0.5, 0.6) is 5.75 Å². The summed E-state index contributed by atoms with van der Waals surface area (Å²) < 4.78 is 6.06. The molecule has 0 aromatic heterocycles. The zero-order valence-corrected chi connectivity index (χ0v) is 25.0. The van der Waals surface area contributed by atoms with Crippen molar-refractivity contribution in [3.63, 3.8) is 0 Å². The number of anilines is 1. The number of nitrogens with zero attached hydrogens (tertiary/aromatic N) is 2. The summed E-state index contributed by atoms with van der Waals surface area (Å²) in [4.78, 5) is 16.8. The molecule has 2 aromatic carbocycles. The Morgan fingerprint density at radius 1 is 0.897 bits per heavy atom. The van der Waals surface area contributed by atoms with Crippen LogP contribution in [0.1, 0.15) is 95.1 Å². The number of carbonyl (C=O) groups excluding carboxylic acids is 1. The summed E-state index contributed by atoms with van der Waals surface area (Å²) in [5, 5.41) is 4.91. The first-order valence-corrected chi connectivity index (χ1v) is 16.1. The Balaban J connectivity index is 1.37. The van der Waals surface area contributed by atoms with Crippen LogP contribution in [0, 0.1) is 0 Å². The van der Waals surface area contributed by atoms with Crippen LogP contribution in [0.15, 0.2) is 60.1 Å². The average Bonchev–Trinajstić information content (AvgIpc) is 3.48. The highest BCUT2D eigenvalue weighted by atomic mass is 32.2. The van der Waals surface area contributed by atoms with E-state index in [1.54, 1.807) is 23.7 Å². The van der Waals surface area contributed by atoms with E-state index < -0.39 is 0 Å². The molecule has 0 aliphatic carbocycles. The van der Waals surface area contributed by atoms with E-state index in [9.17, 15) is 4.79 Å². The number of carbonyl (C=O) groups is 1. The third-order valence-corrected chi connectivity index (χ3v) is 8.00. The molecule has 1 heterocycles. The minimum Gasteiger partial charge on any atom is -0.494 e. The summed E-state index contributed by atoms with van der Waals surface area (Å²) in [6.07, 6.45) is 18.2. The first-order chi connectivity index (χ1) is 19.2. The molecule has 0 saturated heterocycles. The highest BCUT2D eigenvalue weighted by Crippen LogP contribution is 2.23. The van der Waals surface area contributed by atoms with E-state index in [0.29, 0.717) is 6.54 Å². The summed E-state index contributed by atoms with van der Waals surface area (Å²) in [7, 11) is 1.68. The predicted molar refractivity (Wildman–Crippen MR) is 167 cm³/mol. The first-order valence-electron chi connectivity index (χ1n) is 15.0. The summed E-state index contributed by atoms with van der Waals surface area (Å²) in [6.45, 7) is 4.38. The highest BCUT2D eigenvalue weighted by Gasteiger charge is 2.16. The monoisotopic (exact) mass is 551 g/mol. The fourth-order valence-electron chi connectivity index (χ4n) is 4.89. The van der Waals surface area contributed by atoms with Gasteiger partial charge in [-0.1, -0.05) is 102 Å². The molecule has 0 bridgehead atoms. The molecule has 0 radical (unpaired) electrons. The predicted octanol–water partition coefficient (Wildman–Crippen LogP) is 9.09. The number of ether oxygens (including phenoxy) is 1. The largest absolute Gasteiger partial charge is 0.494 e. The number of nitrogens with one attached hydrogen (secondary N) is 1. The maximum absolute atomic E-state index is 12.7. The van der Waals surface area contributed by atoms with Gasteiger partial charge in [0.05, 0.1) is 19.0 Å². The molecule has 214 valence electrons. The third kappa shape index (κ3) is 12.0. The van der Waals surface area contributed by atoms with Crippen LogP contribution in [-0.4, -0.2) is 30.5 Å². The van der Waals surface area contributed by atoms with Crippen molar-refractivity contribution in [2.24, 2.45) is 0 Å². The van der Waals surface area contributed by atoms with Gasteiger partial charge < -0.3 is 15.0 Å². The van der Waals surface area contributed by atoms with Crippen molar-refractivity contribution in [1.29, 1.82) is 0 Å². The minimum absolute atomic E-state index is 0.121. The van der Waals surface area contributed by atoms with Gasteiger partial charge in [-0.3, -0.25) is 4.90 Å². The lowest BCUT2D eigenvalue weighted by atomic mass is 10.1. The molecule has 1 N–H and O–H groups in total. The number of rotatable bonds is 19. The number of urea groups is 1. The smallest absolute Gasteiger partial charge is 0.321 e. The quantitative estimate of drug-likeness (QED) is 0.177. The van der Waals surface area contributed by atoms with Gasteiger partial charge in [0.25, 0.3) is 0 Å². The van der Waals surface area contributed by atoms with Crippen LogP contribution in [0.2, 0.25) is 0 Å². The van der Waals surface area contributed by atoms with E-state index in [1.807, 2.05) is 24.3 Å². The number of unbranched alkanes of at least 4 members (excludes halogenated alkanes) is 11. The Morgan fingerprint density at radius 3 is 2.18 bits per heavy atom. The topological polar surface area (TPSA) is 44.8 Å². The second-order valence-corrected chi connectivity index (χ2v) is 11.4. The van der Waals surface area contributed by atoms with Crippen LogP contribution in [-0.2, 0) is 13.1 Å². The molecule has 0 fully saturated rings. The van der Waals surface area contributed by atoms with Crippen LogP contribution >= 0.6 is 11.8 Å². The van der Waals surface area contributed by atoms with Crippen molar-refractivity contribution in [2.45, 2.75) is 97.1 Å². The summed E-state index contributed by atoms with van der Waals surface area (Å²) in [5.41, 5.74) is 3.16. The molecular weight excluding hydrogens is 502 g/mol. The average molecular weight is 552 g/mol. The van der Waals surface area contributed by atoms with Gasteiger partial charge in [0.15, 0.2) is 0 Å². The molecule has 1 aliphatic rings. The molecule has 2 amide bonds. The zero-order chi connectivity index (χ0) is 27.5. The van der Waals surface area contributed by atoms with Gasteiger partial charge in [0, 0.05) is 25.5 Å². The molecule has 0 saturated carbocycles. The van der Waals surface area contributed by atoms with E-state index in [4.69, 9.17) is 4.74 Å². The lowest BCUT2D eigenvalue weighted by Crippen LogP contribution is -2.37. The molecule has 3 rings (SSSR count). The van der Waals surface area contributed by atoms with E-state index in [0.717, 1.165) is 42.4 Å². The van der Waals surface area contributed by atoms with Gasteiger partial charge in [0.1, 0.15) is 5.75 Å². The Bertz CT molecular complexity index is 979. The zero-order valence-electron chi connectivity index (χ0n) is 24.2. The molecule has 39 heavy (non-hydrogen) atoms. The van der Waals surface area contributed by atoms with Crippen LogP contribution in [0.4, 0.5) is 10.5 Å². The van der Waals surface area contributed by atoms with E-state index in [-0.39, 0.29) is 6.03 Å². The van der Waals surface area contributed by atoms with E-state index in [2.05, 4.69) is 53.0 Å². The van der Waals surface area contributed by atoms with Crippen LogP contribution < -0.4 is 15.0 Å². The number of hydrogen-bond acceptors (Lipinski definition) is 4. The molecule has 0 unspecified atom stereocenters. The molecule has 1 aliphatic heterocycles. The number of benzene rings is 2. The molecule has 6 heteroatoms. The summed E-state index contributed by atoms with van der Waals surface area (Å²) in [6, 6.07) is 16.3. The molecule has 2 aromatic rings. The Labute approximate surface area is 241 Å². The summed E-state index contributed by atoms with van der Waals surface area (Å²) >= 11 is 1.81. The standard InChI is InChI=1S/C33H49N3O2S/c1-3-4-5-6-7-8-9-10-11-12-13-14-23-38-32-17-15-16-30(25-32)27-36(33(37)34-2)31-20-18-29(19-21-31)26-35-22-24-39-28-35/h15-22,24-25H,3-14,23,26-28H2,1-2H3,(H,34,37). The number of amides is 2. The fourth-order valence-corrected chi connectivity index (χ4v) is 5.60. The van der Waals surface area contributed by atoms with Crippen molar-refractivity contribution >= 4 is 23.5 Å². The van der Waals surface area contributed by atoms with Crippen LogP contribution in [0.25, 0.3) is 0 Å². The van der Waals surface area contributed by atoms with Gasteiger partial charge in [-0.05, 0) is 47.2 Å². The number of thioether (sulfide) groups is 1. The van der Waals surface area contributed by atoms with Crippen molar-refractivity contribution in [2.75, 3.05) is 24.4 Å². The lowest BCUT2D eigenvalue weighted by molar-refractivity contribution is 0.248. The second kappa shape index (κ2) is 18.6. The van der Waals surface area contributed by atoms with Gasteiger partial charge in [-0.15, -0.1) is 11.8 Å². The maximum atomic E-state index is 12.7. The maximum Gasteiger partial charge on any atom is 0.321 e. The van der Waals surface area contributed by atoms with Gasteiger partial charge in [0.2, 0.25) is 0 Å². The van der Waals surface area contributed by atoms with Crippen molar-refractivity contribution in [3.8, 4) is 5.75 Å². The van der Waals surface area contributed by atoms with Crippen molar-refractivity contribution < 1.29 is 9.53 Å². The van der Waals surface area contributed by atoms with Crippen molar-refractivity contribution in [3.05, 3.63) is 71.3 Å². The Hall–Kier alpha value is -2.60. The van der Waals surface area contributed by atoms with Crippen LogP contribution in [0.3, 0.4) is 0 Å².